The number of aliphatic imine (C=N–C) groups is 1. The second-order valence-electron chi connectivity index (χ2n) is 5.44. The molecule has 0 bridgehead atoms. The van der Waals surface area contributed by atoms with Crippen molar-refractivity contribution in [2.45, 2.75) is 33.6 Å². The Balaban J connectivity index is 2.29. The maximum absolute atomic E-state index is 6.01. The van der Waals surface area contributed by atoms with E-state index in [2.05, 4.69) is 27.8 Å². The Morgan fingerprint density at radius 1 is 1.22 bits per heavy atom. The highest BCUT2D eigenvalue weighted by atomic mass is 79.9. The maximum Gasteiger partial charge on any atom is 0.130 e. The standard InChI is InChI=1S/C18H20BrClN2O/c1-4-5-18(21)22-16-8-12(3)17(9-11(16)2)23-13-6-7-15(20)14(19)10-13/h6-10H,4-5H2,1-3H3,(H2,21,22). The number of nitrogens with two attached hydrogens (primary N) is 1. The van der Waals surface area contributed by atoms with Crippen molar-refractivity contribution in [2.24, 2.45) is 10.7 Å². The second kappa shape index (κ2) is 7.84. The Kier molecular flexibility index (Phi) is 6.08. The molecule has 0 unspecified atom stereocenters. The van der Waals surface area contributed by atoms with E-state index < -0.39 is 0 Å². The predicted molar refractivity (Wildman–Crippen MR) is 101 cm³/mol. The summed E-state index contributed by atoms with van der Waals surface area (Å²) in [5, 5.41) is 0.654. The summed E-state index contributed by atoms with van der Waals surface area (Å²) in [6.45, 7) is 6.08. The van der Waals surface area contributed by atoms with Crippen LogP contribution in [0.3, 0.4) is 0 Å². The molecule has 0 aliphatic rings. The topological polar surface area (TPSA) is 47.6 Å². The summed E-state index contributed by atoms with van der Waals surface area (Å²) < 4.78 is 6.77. The minimum absolute atomic E-state index is 0.654. The Morgan fingerprint density at radius 3 is 2.61 bits per heavy atom. The molecule has 0 heterocycles. The molecule has 2 N–H and O–H groups in total. The fourth-order valence-corrected chi connectivity index (χ4v) is 2.61. The van der Waals surface area contributed by atoms with Crippen LogP contribution in [-0.4, -0.2) is 5.84 Å². The SMILES string of the molecule is CCCC(N)=Nc1cc(C)c(Oc2ccc(Cl)c(Br)c2)cc1C. The lowest BCUT2D eigenvalue weighted by atomic mass is 10.1. The molecule has 0 fully saturated rings. The molecular formula is C18H20BrClN2O. The average Bonchev–Trinajstić information content (AvgIpc) is 2.48. The number of halogens is 2. The Morgan fingerprint density at radius 2 is 1.96 bits per heavy atom. The van der Waals surface area contributed by atoms with Crippen molar-refractivity contribution in [2.75, 3.05) is 0 Å². The molecule has 122 valence electrons. The van der Waals surface area contributed by atoms with Crippen molar-refractivity contribution < 1.29 is 4.74 Å². The number of nitrogens with zero attached hydrogens (tertiary/aromatic N) is 1. The Hall–Kier alpha value is -1.52. The quantitative estimate of drug-likeness (QED) is 0.477. The molecule has 0 aliphatic carbocycles. The first-order valence-electron chi connectivity index (χ1n) is 7.48. The van der Waals surface area contributed by atoms with Gasteiger partial charge in [-0.2, -0.15) is 0 Å². The minimum atomic E-state index is 0.654. The smallest absolute Gasteiger partial charge is 0.130 e. The molecule has 0 amide bonds. The van der Waals surface area contributed by atoms with Gasteiger partial charge in [-0.15, -0.1) is 0 Å². The van der Waals surface area contributed by atoms with Crippen LogP contribution in [0.2, 0.25) is 5.02 Å². The third-order valence-corrected chi connectivity index (χ3v) is 4.60. The van der Waals surface area contributed by atoms with Gasteiger partial charge in [0.2, 0.25) is 0 Å². The number of amidine groups is 1. The molecule has 0 radical (unpaired) electrons. The number of rotatable bonds is 5. The van der Waals surface area contributed by atoms with Gasteiger partial charge in [0.05, 0.1) is 16.5 Å². The van der Waals surface area contributed by atoms with Crippen LogP contribution in [0, 0.1) is 13.8 Å². The fraction of sp³-hybridized carbons (Fsp3) is 0.278. The lowest BCUT2D eigenvalue weighted by Crippen LogP contribution is -2.10. The summed E-state index contributed by atoms with van der Waals surface area (Å²) in [5.74, 6) is 2.18. The predicted octanol–water partition coefficient (Wildman–Crippen LogP) is 6.30. The van der Waals surface area contributed by atoms with E-state index in [1.54, 1.807) is 6.07 Å². The molecule has 0 aromatic heterocycles. The van der Waals surface area contributed by atoms with Gasteiger partial charge in [0, 0.05) is 10.9 Å². The zero-order valence-electron chi connectivity index (χ0n) is 13.5. The van der Waals surface area contributed by atoms with Gasteiger partial charge in [0.1, 0.15) is 11.5 Å². The average molecular weight is 396 g/mol. The highest BCUT2D eigenvalue weighted by Gasteiger charge is 2.08. The fourth-order valence-electron chi connectivity index (χ4n) is 2.14. The van der Waals surface area contributed by atoms with Gasteiger partial charge in [0.25, 0.3) is 0 Å². The van der Waals surface area contributed by atoms with Crippen LogP contribution in [-0.2, 0) is 0 Å². The first kappa shape index (κ1) is 17.8. The van der Waals surface area contributed by atoms with Crippen molar-refractivity contribution in [3.63, 3.8) is 0 Å². The van der Waals surface area contributed by atoms with Crippen molar-refractivity contribution in [3.05, 3.63) is 51.0 Å². The molecule has 2 aromatic carbocycles. The number of hydrogen-bond donors (Lipinski definition) is 1. The van der Waals surface area contributed by atoms with E-state index in [9.17, 15) is 0 Å². The molecule has 0 saturated heterocycles. The van der Waals surface area contributed by atoms with Crippen LogP contribution in [0.25, 0.3) is 0 Å². The van der Waals surface area contributed by atoms with Crippen LogP contribution in [0.4, 0.5) is 5.69 Å². The van der Waals surface area contributed by atoms with Crippen LogP contribution in [0.5, 0.6) is 11.5 Å². The largest absolute Gasteiger partial charge is 0.457 e. The van der Waals surface area contributed by atoms with Crippen LogP contribution < -0.4 is 10.5 Å². The molecule has 0 spiro atoms. The molecule has 3 nitrogen and oxygen atoms in total. The van der Waals surface area contributed by atoms with Crippen molar-refractivity contribution >= 4 is 39.1 Å². The molecule has 0 aliphatic heterocycles. The first-order valence-corrected chi connectivity index (χ1v) is 8.65. The summed E-state index contributed by atoms with van der Waals surface area (Å²) in [6.07, 6.45) is 1.79. The Bertz CT molecular complexity index is 744. The Labute approximate surface area is 150 Å². The highest BCUT2D eigenvalue weighted by Crippen LogP contribution is 2.34. The van der Waals surface area contributed by atoms with Gasteiger partial charge in [-0.3, -0.25) is 0 Å². The normalized spacial score (nSPS) is 11.6. The first-order chi connectivity index (χ1) is 10.9. The molecule has 2 rings (SSSR count). The van der Waals surface area contributed by atoms with E-state index in [4.69, 9.17) is 22.1 Å². The second-order valence-corrected chi connectivity index (χ2v) is 6.70. The van der Waals surface area contributed by atoms with Crippen LogP contribution in [0.15, 0.2) is 39.8 Å². The van der Waals surface area contributed by atoms with E-state index in [0.29, 0.717) is 10.9 Å². The third kappa shape index (κ3) is 4.72. The van der Waals surface area contributed by atoms with Gasteiger partial charge >= 0.3 is 0 Å². The van der Waals surface area contributed by atoms with E-state index in [0.717, 1.165) is 45.6 Å². The summed E-state index contributed by atoms with van der Waals surface area (Å²) >= 11 is 9.41. The highest BCUT2D eigenvalue weighted by molar-refractivity contribution is 9.10. The number of ether oxygens (including phenoxy) is 1. The van der Waals surface area contributed by atoms with Gasteiger partial charge in [-0.1, -0.05) is 18.5 Å². The van der Waals surface area contributed by atoms with E-state index in [1.807, 2.05) is 38.1 Å². The van der Waals surface area contributed by atoms with Gasteiger partial charge in [-0.05, 0) is 77.7 Å². The molecule has 5 heteroatoms. The zero-order chi connectivity index (χ0) is 17.0. The molecule has 0 atom stereocenters. The minimum Gasteiger partial charge on any atom is -0.457 e. The summed E-state index contributed by atoms with van der Waals surface area (Å²) in [5.41, 5.74) is 8.85. The van der Waals surface area contributed by atoms with Gasteiger partial charge < -0.3 is 10.5 Å². The van der Waals surface area contributed by atoms with Gasteiger partial charge in [-0.25, -0.2) is 4.99 Å². The molecule has 0 saturated carbocycles. The van der Waals surface area contributed by atoms with E-state index in [1.165, 1.54) is 0 Å². The lowest BCUT2D eigenvalue weighted by molar-refractivity contribution is 0.478. The van der Waals surface area contributed by atoms with Gasteiger partial charge in [0.15, 0.2) is 0 Å². The zero-order valence-corrected chi connectivity index (χ0v) is 15.8. The van der Waals surface area contributed by atoms with Crippen molar-refractivity contribution in [1.29, 1.82) is 0 Å². The lowest BCUT2D eigenvalue weighted by Gasteiger charge is -2.12. The monoisotopic (exact) mass is 394 g/mol. The molecule has 2 aromatic rings. The summed E-state index contributed by atoms with van der Waals surface area (Å²) in [7, 11) is 0. The van der Waals surface area contributed by atoms with E-state index >= 15 is 0 Å². The summed E-state index contributed by atoms with van der Waals surface area (Å²) in [4.78, 5) is 4.50. The maximum atomic E-state index is 6.01. The van der Waals surface area contributed by atoms with Crippen molar-refractivity contribution in [3.8, 4) is 11.5 Å². The van der Waals surface area contributed by atoms with Crippen LogP contribution >= 0.6 is 27.5 Å². The van der Waals surface area contributed by atoms with Crippen molar-refractivity contribution in [1.82, 2.24) is 0 Å². The number of benzene rings is 2. The summed E-state index contributed by atoms with van der Waals surface area (Å²) in [6, 6.07) is 9.47. The number of aryl methyl sites for hydroxylation is 2. The van der Waals surface area contributed by atoms with E-state index in [-0.39, 0.29) is 0 Å². The number of hydrogen-bond acceptors (Lipinski definition) is 2. The third-order valence-electron chi connectivity index (χ3n) is 3.38. The molecular weight excluding hydrogens is 376 g/mol. The molecule has 23 heavy (non-hydrogen) atoms. The van der Waals surface area contributed by atoms with Crippen LogP contribution in [0.1, 0.15) is 30.9 Å².